The van der Waals surface area contributed by atoms with Crippen molar-refractivity contribution in [2.75, 3.05) is 52.7 Å². The maximum atomic E-state index is 14.3. The van der Waals surface area contributed by atoms with Crippen LogP contribution in [0.2, 0.25) is 5.02 Å². The van der Waals surface area contributed by atoms with Crippen LogP contribution in [-0.4, -0.2) is 63.2 Å². The second kappa shape index (κ2) is 14.8. The molecule has 1 heterocycles. The van der Waals surface area contributed by atoms with E-state index in [0.717, 1.165) is 22.0 Å². The monoisotopic (exact) mass is 505 g/mol. The molecule has 0 saturated carbocycles. The van der Waals surface area contributed by atoms with Gasteiger partial charge in [-0.1, -0.05) is 23.7 Å². The van der Waals surface area contributed by atoms with Crippen LogP contribution in [0.5, 0.6) is 0 Å². The summed E-state index contributed by atoms with van der Waals surface area (Å²) in [5.74, 6) is -0.317. The Balaban J connectivity index is 1.32. The maximum absolute atomic E-state index is 14.3. The number of nitrogens with one attached hydrogen (secondary N) is 2. The fourth-order valence-electron chi connectivity index (χ4n) is 3.61. The van der Waals surface area contributed by atoms with Crippen molar-refractivity contribution in [3.63, 3.8) is 0 Å². The Morgan fingerprint density at radius 3 is 2.29 bits per heavy atom. The van der Waals surface area contributed by atoms with E-state index in [9.17, 15) is 9.18 Å². The fraction of sp³-hybridized carbons (Fsp3) is 0.423. The van der Waals surface area contributed by atoms with Gasteiger partial charge in [-0.3, -0.25) is 4.79 Å². The minimum atomic E-state index is -0.252. The molecule has 1 amide bonds. The van der Waals surface area contributed by atoms with Gasteiger partial charge in [0.05, 0.1) is 45.2 Å². The molecule has 0 aliphatic heterocycles. The smallest absolute Gasteiger partial charge is 0.216 e. The van der Waals surface area contributed by atoms with Crippen molar-refractivity contribution in [1.82, 2.24) is 15.2 Å². The van der Waals surface area contributed by atoms with Gasteiger partial charge in [-0.25, -0.2) is 4.39 Å². The van der Waals surface area contributed by atoms with Gasteiger partial charge in [0.25, 0.3) is 0 Å². The van der Waals surface area contributed by atoms with Crippen molar-refractivity contribution in [2.45, 2.75) is 20.0 Å². The van der Waals surface area contributed by atoms with Crippen molar-refractivity contribution >= 4 is 28.4 Å². The van der Waals surface area contributed by atoms with E-state index in [1.807, 2.05) is 41.1 Å². The second-order valence-corrected chi connectivity index (χ2v) is 8.50. The van der Waals surface area contributed by atoms with Crippen molar-refractivity contribution < 1.29 is 23.4 Å². The van der Waals surface area contributed by atoms with E-state index in [1.54, 1.807) is 12.1 Å². The molecule has 0 saturated heterocycles. The molecule has 0 aliphatic carbocycles. The summed E-state index contributed by atoms with van der Waals surface area (Å²) in [5, 5.41) is 7.71. The lowest BCUT2D eigenvalue weighted by Gasteiger charge is -2.10. The molecule has 9 heteroatoms. The minimum Gasteiger partial charge on any atom is -0.378 e. The number of amides is 1. The predicted molar refractivity (Wildman–Crippen MR) is 135 cm³/mol. The largest absolute Gasteiger partial charge is 0.378 e. The Kier molecular flexibility index (Phi) is 11.5. The minimum absolute atomic E-state index is 0.0648. The Bertz CT molecular complexity index is 1060. The third-order valence-corrected chi connectivity index (χ3v) is 5.56. The number of fused-ring (bicyclic) bond motifs is 1. The lowest BCUT2D eigenvalue weighted by Crippen LogP contribution is -2.25. The first-order chi connectivity index (χ1) is 17.0. The number of hydrogen-bond acceptors (Lipinski definition) is 5. The first-order valence-electron chi connectivity index (χ1n) is 11.7. The fourth-order valence-corrected chi connectivity index (χ4v) is 3.74. The highest BCUT2D eigenvalue weighted by Gasteiger charge is 2.09. The molecule has 3 aromatic rings. The highest BCUT2D eigenvalue weighted by Crippen LogP contribution is 2.23. The van der Waals surface area contributed by atoms with Crippen LogP contribution in [0.15, 0.2) is 48.7 Å². The molecule has 7 nitrogen and oxygen atoms in total. The van der Waals surface area contributed by atoms with Crippen molar-refractivity contribution in [2.24, 2.45) is 0 Å². The van der Waals surface area contributed by atoms with E-state index in [0.29, 0.717) is 70.8 Å². The van der Waals surface area contributed by atoms with Crippen LogP contribution in [0, 0.1) is 5.82 Å². The molecular weight excluding hydrogens is 473 g/mol. The van der Waals surface area contributed by atoms with E-state index in [-0.39, 0.29) is 11.7 Å². The zero-order chi connectivity index (χ0) is 24.9. The summed E-state index contributed by atoms with van der Waals surface area (Å²) in [6, 6.07) is 12.9. The van der Waals surface area contributed by atoms with Gasteiger partial charge in [0.1, 0.15) is 5.82 Å². The van der Waals surface area contributed by atoms with Gasteiger partial charge in [0.15, 0.2) is 0 Å². The van der Waals surface area contributed by atoms with Crippen LogP contribution in [0.4, 0.5) is 4.39 Å². The Labute approximate surface area is 210 Å². The number of rotatable bonds is 16. The van der Waals surface area contributed by atoms with E-state index in [2.05, 4.69) is 10.6 Å². The molecule has 2 N–H and O–H groups in total. The Morgan fingerprint density at radius 1 is 0.943 bits per heavy atom. The lowest BCUT2D eigenvalue weighted by atomic mass is 10.1. The lowest BCUT2D eigenvalue weighted by molar-refractivity contribution is -0.119. The maximum Gasteiger partial charge on any atom is 0.216 e. The summed E-state index contributed by atoms with van der Waals surface area (Å²) >= 11 is 5.97. The quantitative estimate of drug-likeness (QED) is 0.290. The highest BCUT2D eigenvalue weighted by molar-refractivity contribution is 6.30. The third kappa shape index (κ3) is 9.58. The van der Waals surface area contributed by atoms with Crippen LogP contribution in [-0.2, 0) is 32.1 Å². The average molecular weight is 506 g/mol. The number of benzene rings is 2. The first kappa shape index (κ1) is 27.1. The van der Waals surface area contributed by atoms with E-state index >= 15 is 0 Å². The summed E-state index contributed by atoms with van der Waals surface area (Å²) in [4.78, 5) is 10.7. The molecule has 0 radical (unpaired) electrons. The molecule has 3 rings (SSSR count). The molecular formula is C26H33ClFN3O4. The Morgan fingerprint density at radius 2 is 1.60 bits per heavy atom. The predicted octanol–water partition coefficient (Wildman–Crippen LogP) is 3.76. The second-order valence-electron chi connectivity index (χ2n) is 8.06. The van der Waals surface area contributed by atoms with Crippen molar-refractivity contribution in [1.29, 1.82) is 0 Å². The number of halogens is 2. The molecule has 0 unspecified atom stereocenters. The number of aromatic nitrogens is 1. The molecule has 35 heavy (non-hydrogen) atoms. The van der Waals surface area contributed by atoms with Gasteiger partial charge in [-0.05, 0) is 41.5 Å². The molecule has 190 valence electrons. The first-order valence-corrected chi connectivity index (χ1v) is 12.1. The normalized spacial score (nSPS) is 11.3. The average Bonchev–Trinajstić information content (AvgIpc) is 3.22. The molecule has 0 bridgehead atoms. The van der Waals surface area contributed by atoms with E-state index in [4.69, 9.17) is 25.8 Å². The number of hydrogen-bond donors (Lipinski definition) is 2. The van der Waals surface area contributed by atoms with Crippen LogP contribution in [0.25, 0.3) is 10.9 Å². The highest BCUT2D eigenvalue weighted by atomic mass is 35.5. The molecule has 0 fully saturated rings. The number of nitrogens with zero attached hydrogens (tertiary/aromatic N) is 1. The topological polar surface area (TPSA) is 73.8 Å². The summed E-state index contributed by atoms with van der Waals surface area (Å²) < 4.78 is 32.7. The van der Waals surface area contributed by atoms with Gasteiger partial charge in [-0.15, -0.1) is 0 Å². The SMILES string of the molecule is CC(=O)NCCOCCOCCOCCNCc1cc(F)cc2c1ccn2Cc1ccc(Cl)cc1. The van der Waals surface area contributed by atoms with Crippen LogP contribution >= 0.6 is 11.6 Å². The third-order valence-electron chi connectivity index (χ3n) is 5.31. The van der Waals surface area contributed by atoms with E-state index < -0.39 is 0 Å². The summed E-state index contributed by atoms with van der Waals surface area (Å²) in [6.07, 6.45) is 1.99. The molecule has 2 aromatic carbocycles. The molecule has 0 aliphatic rings. The van der Waals surface area contributed by atoms with Gasteiger partial charge >= 0.3 is 0 Å². The number of carbonyl (C=O) groups is 1. The Hall–Kier alpha value is -2.49. The van der Waals surface area contributed by atoms with Gasteiger partial charge < -0.3 is 29.4 Å². The molecule has 0 atom stereocenters. The number of ether oxygens (including phenoxy) is 3. The zero-order valence-corrected chi connectivity index (χ0v) is 20.8. The zero-order valence-electron chi connectivity index (χ0n) is 20.0. The van der Waals surface area contributed by atoms with Gasteiger partial charge in [-0.2, -0.15) is 0 Å². The number of carbonyl (C=O) groups excluding carboxylic acids is 1. The summed E-state index contributed by atoms with van der Waals surface area (Å²) in [7, 11) is 0. The van der Waals surface area contributed by atoms with Gasteiger partial charge in [0, 0.05) is 49.7 Å². The molecule has 1 aromatic heterocycles. The summed E-state index contributed by atoms with van der Waals surface area (Å²) in [5.41, 5.74) is 2.88. The van der Waals surface area contributed by atoms with Crippen LogP contribution in [0.1, 0.15) is 18.1 Å². The standard InChI is InChI=1S/C26H33ClFN3O4/c1-20(32)30-8-11-34-13-15-35-14-12-33-10-7-29-18-22-16-24(28)17-26-25(22)6-9-31(26)19-21-2-4-23(27)5-3-21/h2-6,9,16-17,29H,7-8,10-15,18-19H2,1H3,(H,30,32). The van der Waals surface area contributed by atoms with Crippen molar-refractivity contribution in [3.8, 4) is 0 Å². The van der Waals surface area contributed by atoms with Gasteiger partial charge in [0.2, 0.25) is 5.91 Å². The van der Waals surface area contributed by atoms with E-state index in [1.165, 1.54) is 6.92 Å². The van der Waals surface area contributed by atoms with Crippen molar-refractivity contribution in [3.05, 3.63) is 70.6 Å². The van der Waals surface area contributed by atoms with Crippen LogP contribution < -0.4 is 10.6 Å². The summed E-state index contributed by atoms with van der Waals surface area (Å²) in [6.45, 7) is 6.76. The van der Waals surface area contributed by atoms with Crippen LogP contribution in [0.3, 0.4) is 0 Å². The molecule has 0 spiro atoms.